The van der Waals surface area contributed by atoms with Gasteiger partial charge in [0.1, 0.15) is 6.04 Å². The molecule has 0 unspecified atom stereocenters. The maximum atomic E-state index is 13.0. The molecule has 0 aromatic heterocycles. The lowest BCUT2D eigenvalue weighted by atomic mass is 10.1. The Morgan fingerprint density at radius 3 is 2.33 bits per heavy atom. The smallest absolute Gasteiger partial charge is 0.242 e. The minimum atomic E-state index is -0.487. The van der Waals surface area contributed by atoms with Gasteiger partial charge >= 0.3 is 0 Å². The molecule has 30 heavy (non-hydrogen) atoms. The number of benzene rings is 2. The third-order valence-corrected chi connectivity index (χ3v) is 6.05. The fraction of sp³-hybridized carbons (Fsp3) is 0.440. The van der Waals surface area contributed by atoms with E-state index in [2.05, 4.69) is 50.4 Å². The zero-order valence-electron chi connectivity index (χ0n) is 18.6. The minimum Gasteiger partial charge on any atom is -0.354 e. The van der Waals surface area contributed by atoms with Crippen LogP contribution in [0.4, 0.5) is 0 Å². The Morgan fingerprint density at radius 2 is 1.67 bits per heavy atom. The molecule has 0 bridgehead atoms. The van der Waals surface area contributed by atoms with Gasteiger partial charge in [-0.2, -0.15) is 0 Å². The van der Waals surface area contributed by atoms with E-state index in [1.807, 2.05) is 37.3 Å². The molecule has 162 valence electrons. The second-order valence-corrected chi connectivity index (χ2v) is 9.04. The van der Waals surface area contributed by atoms with Crippen molar-refractivity contribution in [1.82, 2.24) is 10.2 Å². The molecule has 0 spiro atoms. The van der Waals surface area contributed by atoms with E-state index in [1.165, 1.54) is 11.1 Å². The van der Waals surface area contributed by atoms with Crippen molar-refractivity contribution in [1.29, 1.82) is 0 Å². The van der Waals surface area contributed by atoms with Gasteiger partial charge in [0.05, 0.1) is 5.75 Å². The summed E-state index contributed by atoms with van der Waals surface area (Å²) in [6, 6.07) is 17.8. The highest BCUT2D eigenvalue weighted by atomic mass is 32.2. The van der Waals surface area contributed by atoms with Crippen LogP contribution in [0.1, 0.15) is 37.5 Å². The molecule has 2 aromatic rings. The Kier molecular flexibility index (Phi) is 9.95. The van der Waals surface area contributed by atoms with Gasteiger partial charge in [-0.25, -0.2) is 0 Å². The van der Waals surface area contributed by atoms with E-state index in [1.54, 1.807) is 16.7 Å². The second kappa shape index (κ2) is 12.4. The normalized spacial score (nSPS) is 11.9. The third-order valence-electron chi connectivity index (χ3n) is 5.08. The Bertz CT molecular complexity index is 808. The summed E-state index contributed by atoms with van der Waals surface area (Å²) in [6.45, 7) is 9.18. The maximum Gasteiger partial charge on any atom is 0.242 e. The summed E-state index contributed by atoms with van der Waals surface area (Å²) in [7, 11) is 0. The molecule has 0 saturated carbocycles. The van der Waals surface area contributed by atoms with Crippen LogP contribution in [0.25, 0.3) is 0 Å². The first-order valence-corrected chi connectivity index (χ1v) is 11.8. The summed E-state index contributed by atoms with van der Waals surface area (Å²) in [6.07, 6.45) is 0.733. The molecule has 0 aliphatic heterocycles. The highest BCUT2D eigenvalue weighted by Crippen LogP contribution is 2.17. The Labute approximate surface area is 185 Å². The minimum absolute atomic E-state index is 0.0108. The van der Waals surface area contributed by atoms with Gasteiger partial charge in [-0.1, -0.05) is 68.4 Å². The van der Waals surface area contributed by atoms with Crippen LogP contribution < -0.4 is 5.32 Å². The molecule has 2 aromatic carbocycles. The van der Waals surface area contributed by atoms with Crippen molar-refractivity contribution in [2.24, 2.45) is 5.92 Å². The Balaban J connectivity index is 1.99. The Hall–Kier alpha value is -2.27. The number of rotatable bonds is 11. The number of nitrogens with zero attached hydrogens (tertiary/aromatic N) is 1. The number of aryl methyl sites for hydroxylation is 1. The van der Waals surface area contributed by atoms with Crippen LogP contribution in [0.15, 0.2) is 54.6 Å². The molecule has 0 radical (unpaired) electrons. The van der Waals surface area contributed by atoms with Crippen molar-refractivity contribution in [3.63, 3.8) is 0 Å². The average molecular weight is 427 g/mol. The monoisotopic (exact) mass is 426 g/mol. The molecule has 5 heteroatoms. The van der Waals surface area contributed by atoms with Crippen molar-refractivity contribution in [2.75, 3.05) is 18.8 Å². The lowest BCUT2D eigenvalue weighted by Crippen LogP contribution is -2.50. The molecular weight excluding hydrogens is 392 g/mol. The van der Waals surface area contributed by atoms with E-state index in [0.717, 1.165) is 17.7 Å². The van der Waals surface area contributed by atoms with Crippen LogP contribution in [-0.4, -0.2) is 41.6 Å². The number of thioether (sulfide) groups is 1. The third kappa shape index (κ3) is 7.86. The largest absolute Gasteiger partial charge is 0.354 e. The van der Waals surface area contributed by atoms with Crippen molar-refractivity contribution >= 4 is 23.6 Å². The SMILES string of the molecule is Cc1ccccc1CSCC(=O)N(CCc1ccccc1)[C@@H](C)C(=O)NCC(C)C. The van der Waals surface area contributed by atoms with Crippen LogP contribution in [-0.2, 0) is 21.8 Å². The first kappa shape index (κ1) is 24.0. The van der Waals surface area contributed by atoms with Crippen molar-refractivity contribution < 1.29 is 9.59 Å². The zero-order chi connectivity index (χ0) is 21.9. The molecule has 2 rings (SSSR count). The predicted octanol–water partition coefficient (Wildman–Crippen LogP) is 4.46. The number of hydrogen-bond donors (Lipinski definition) is 1. The molecule has 2 amide bonds. The fourth-order valence-corrected chi connectivity index (χ4v) is 4.11. The van der Waals surface area contributed by atoms with Crippen molar-refractivity contribution in [3.8, 4) is 0 Å². The van der Waals surface area contributed by atoms with Gasteiger partial charge in [0.2, 0.25) is 11.8 Å². The average Bonchev–Trinajstić information content (AvgIpc) is 2.74. The van der Waals surface area contributed by atoms with Crippen LogP contribution in [0.5, 0.6) is 0 Å². The molecule has 0 aliphatic carbocycles. The van der Waals surface area contributed by atoms with Gasteiger partial charge in [0, 0.05) is 18.8 Å². The number of amides is 2. The highest BCUT2D eigenvalue weighted by Gasteiger charge is 2.25. The van der Waals surface area contributed by atoms with Crippen LogP contribution in [0.3, 0.4) is 0 Å². The van der Waals surface area contributed by atoms with Gasteiger partial charge in [0.15, 0.2) is 0 Å². The lowest BCUT2D eigenvalue weighted by Gasteiger charge is -2.29. The summed E-state index contributed by atoms with van der Waals surface area (Å²) in [5.41, 5.74) is 3.64. The Morgan fingerprint density at radius 1 is 1.00 bits per heavy atom. The highest BCUT2D eigenvalue weighted by molar-refractivity contribution is 7.99. The lowest BCUT2D eigenvalue weighted by molar-refractivity contribution is -0.138. The molecule has 4 nitrogen and oxygen atoms in total. The van der Waals surface area contributed by atoms with Crippen LogP contribution in [0, 0.1) is 12.8 Å². The summed E-state index contributed by atoms with van der Waals surface area (Å²) in [5, 5.41) is 2.97. The first-order valence-electron chi connectivity index (χ1n) is 10.6. The molecular formula is C25H34N2O2S. The topological polar surface area (TPSA) is 49.4 Å². The van der Waals surface area contributed by atoms with Crippen molar-refractivity contribution in [2.45, 2.75) is 45.9 Å². The molecule has 0 heterocycles. The number of nitrogens with one attached hydrogen (secondary N) is 1. The maximum absolute atomic E-state index is 13.0. The van der Waals surface area contributed by atoms with Gasteiger partial charge in [-0.3, -0.25) is 9.59 Å². The number of carbonyl (C=O) groups is 2. The van der Waals surface area contributed by atoms with Crippen LogP contribution in [0.2, 0.25) is 0 Å². The van der Waals surface area contributed by atoms with Crippen molar-refractivity contribution in [3.05, 3.63) is 71.3 Å². The van der Waals surface area contributed by atoms with E-state index in [4.69, 9.17) is 0 Å². The van der Waals surface area contributed by atoms with E-state index < -0.39 is 6.04 Å². The predicted molar refractivity (Wildman–Crippen MR) is 127 cm³/mol. The van der Waals surface area contributed by atoms with E-state index >= 15 is 0 Å². The van der Waals surface area contributed by atoms with Gasteiger partial charge in [-0.15, -0.1) is 11.8 Å². The number of carbonyl (C=O) groups excluding carboxylic acids is 2. The second-order valence-electron chi connectivity index (χ2n) is 8.06. The van der Waals surface area contributed by atoms with Gasteiger partial charge in [0.25, 0.3) is 0 Å². The first-order chi connectivity index (χ1) is 14.4. The van der Waals surface area contributed by atoms with Gasteiger partial charge in [-0.05, 0) is 42.9 Å². The summed E-state index contributed by atoms with van der Waals surface area (Å²) in [4.78, 5) is 27.4. The molecule has 1 atom stereocenters. The van der Waals surface area contributed by atoms with E-state index in [-0.39, 0.29) is 11.8 Å². The summed E-state index contributed by atoms with van der Waals surface area (Å²) >= 11 is 1.60. The van der Waals surface area contributed by atoms with Crippen LogP contribution >= 0.6 is 11.8 Å². The summed E-state index contributed by atoms with van der Waals surface area (Å²) < 4.78 is 0. The molecule has 0 fully saturated rings. The zero-order valence-corrected chi connectivity index (χ0v) is 19.4. The molecule has 0 saturated heterocycles. The quantitative estimate of drug-likeness (QED) is 0.577. The standard InChI is InChI=1S/C25H34N2O2S/c1-19(2)16-26-25(29)21(4)27(15-14-22-11-6-5-7-12-22)24(28)18-30-17-23-13-9-8-10-20(23)3/h5-13,19,21H,14-18H2,1-4H3,(H,26,29)/t21-/m0/s1. The summed E-state index contributed by atoms with van der Waals surface area (Å²) in [5.74, 6) is 1.45. The number of hydrogen-bond acceptors (Lipinski definition) is 3. The van der Waals surface area contributed by atoms with Gasteiger partial charge < -0.3 is 10.2 Å². The van der Waals surface area contributed by atoms with E-state index in [9.17, 15) is 9.59 Å². The fourth-order valence-electron chi connectivity index (χ4n) is 3.13. The molecule has 1 N–H and O–H groups in total. The van der Waals surface area contributed by atoms with E-state index in [0.29, 0.717) is 24.8 Å². The molecule has 0 aliphatic rings.